The van der Waals surface area contributed by atoms with Gasteiger partial charge in [-0.3, -0.25) is 4.79 Å². The zero-order valence-electron chi connectivity index (χ0n) is 6.64. The van der Waals surface area contributed by atoms with E-state index >= 15 is 0 Å². The van der Waals surface area contributed by atoms with E-state index in [0.29, 0.717) is 12.8 Å². The number of hydrogen-bond donors (Lipinski definition) is 3. The van der Waals surface area contributed by atoms with E-state index in [9.17, 15) is 9.90 Å². The fourth-order valence-electron chi connectivity index (χ4n) is 1.49. The Balaban J connectivity index is 0.00000121. The van der Waals surface area contributed by atoms with Crippen molar-refractivity contribution in [2.24, 2.45) is 11.7 Å². The van der Waals surface area contributed by atoms with Gasteiger partial charge in [0.15, 0.2) is 0 Å². The quantitative estimate of drug-likeness (QED) is 0.608. The zero-order chi connectivity index (χ0) is 8.43. The van der Waals surface area contributed by atoms with Gasteiger partial charge in [-0.15, -0.1) is 17.0 Å². The zero-order valence-corrected chi connectivity index (χ0v) is 8.35. The van der Waals surface area contributed by atoms with Crippen molar-refractivity contribution in [3.63, 3.8) is 0 Å². The molecule has 0 saturated heterocycles. The van der Waals surface area contributed by atoms with Crippen LogP contribution in [0.5, 0.6) is 0 Å². The van der Waals surface area contributed by atoms with Crippen LogP contribution < -0.4 is 5.73 Å². The normalized spacial score (nSPS) is 35.3. The number of carboxylic acid groups (broad SMARTS) is 1. The average Bonchev–Trinajstić information content (AvgIpc) is 1.94. The van der Waals surface area contributed by atoms with Crippen molar-refractivity contribution in [1.29, 1.82) is 0 Å². The molecule has 0 bridgehead atoms. The molecule has 4 nitrogen and oxygen atoms in total. The van der Waals surface area contributed by atoms with Crippen LogP contribution in [0.15, 0.2) is 0 Å². The van der Waals surface area contributed by atoms with Gasteiger partial charge < -0.3 is 15.9 Å². The molecular weight excluding hydrogens is 226 g/mol. The van der Waals surface area contributed by atoms with Crippen molar-refractivity contribution >= 4 is 23.0 Å². The minimum atomic E-state index is -0.892. The number of carbonyl (C=O) groups is 1. The molecule has 0 aromatic heterocycles. The van der Waals surface area contributed by atoms with E-state index in [4.69, 9.17) is 10.8 Å². The first-order valence-electron chi connectivity index (χ1n) is 3.79. The highest BCUT2D eigenvalue weighted by Crippen LogP contribution is 2.23. The Morgan fingerprint density at radius 3 is 2.42 bits per heavy atom. The van der Waals surface area contributed by atoms with Gasteiger partial charge in [0, 0.05) is 6.04 Å². The van der Waals surface area contributed by atoms with Crippen LogP contribution in [0.25, 0.3) is 0 Å². The van der Waals surface area contributed by atoms with Crippen LogP contribution in [0, 0.1) is 5.92 Å². The second kappa shape index (κ2) is 4.79. The molecule has 0 heterocycles. The summed E-state index contributed by atoms with van der Waals surface area (Å²) in [7, 11) is 0. The highest BCUT2D eigenvalue weighted by Gasteiger charge is 2.33. The minimum Gasteiger partial charge on any atom is -0.481 e. The monoisotopic (exact) mass is 239 g/mol. The third-order valence-corrected chi connectivity index (χ3v) is 2.24. The van der Waals surface area contributed by atoms with Gasteiger partial charge in [-0.1, -0.05) is 0 Å². The number of hydrogen-bond acceptors (Lipinski definition) is 3. The Kier molecular flexibility index (Phi) is 4.74. The van der Waals surface area contributed by atoms with Crippen LogP contribution in [0.1, 0.15) is 19.3 Å². The van der Waals surface area contributed by atoms with Crippen LogP contribution in [-0.4, -0.2) is 28.3 Å². The first-order valence-corrected chi connectivity index (χ1v) is 3.79. The van der Waals surface area contributed by atoms with Crippen molar-refractivity contribution in [2.75, 3.05) is 0 Å². The van der Waals surface area contributed by atoms with E-state index < -0.39 is 24.0 Å². The first-order chi connectivity index (χ1) is 5.13. The summed E-state index contributed by atoms with van der Waals surface area (Å²) in [6, 6.07) is -0.582. The molecule has 1 fully saturated rings. The molecule has 0 radical (unpaired) electrons. The van der Waals surface area contributed by atoms with E-state index in [1.54, 1.807) is 0 Å². The number of carboxylic acids is 1. The Morgan fingerprint density at radius 2 is 2.00 bits per heavy atom. The van der Waals surface area contributed by atoms with Crippen molar-refractivity contribution in [1.82, 2.24) is 0 Å². The molecule has 1 saturated carbocycles. The van der Waals surface area contributed by atoms with Gasteiger partial charge in [0.1, 0.15) is 0 Å². The van der Waals surface area contributed by atoms with Crippen LogP contribution in [0.4, 0.5) is 0 Å². The second-order valence-electron chi connectivity index (χ2n) is 3.02. The highest BCUT2D eigenvalue weighted by atomic mass is 79.9. The van der Waals surface area contributed by atoms with Gasteiger partial charge in [-0.2, -0.15) is 0 Å². The Morgan fingerprint density at radius 1 is 1.42 bits per heavy atom. The molecule has 12 heavy (non-hydrogen) atoms. The summed E-state index contributed by atoms with van der Waals surface area (Å²) in [6.45, 7) is 0. The largest absolute Gasteiger partial charge is 0.481 e. The topological polar surface area (TPSA) is 83.5 Å². The van der Waals surface area contributed by atoms with Crippen molar-refractivity contribution < 1.29 is 15.0 Å². The summed E-state index contributed by atoms with van der Waals surface area (Å²) < 4.78 is 0. The molecular formula is C7H14BrNO3. The van der Waals surface area contributed by atoms with Gasteiger partial charge >= 0.3 is 5.97 Å². The first kappa shape index (κ1) is 11.9. The Hall–Kier alpha value is -0.130. The van der Waals surface area contributed by atoms with Crippen molar-refractivity contribution in [3.05, 3.63) is 0 Å². The van der Waals surface area contributed by atoms with Crippen molar-refractivity contribution in [3.8, 4) is 0 Å². The molecule has 5 heteroatoms. The summed E-state index contributed by atoms with van der Waals surface area (Å²) in [5.41, 5.74) is 5.49. The summed E-state index contributed by atoms with van der Waals surface area (Å²) in [5, 5.41) is 17.8. The third-order valence-electron chi connectivity index (χ3n) is 2.24. The maximum atomic E-state index is 10.5. The Bertz CT molecular complexity index is 165. The van der Waals surface area contributed by atoms with Crippen LogP contribution in [-0.2, 0) is 4.79 Å². The SMILES string of the molecule is Br.N[C@@H]1[C@H](O)CCC[C@@H]1C(=O)O. The lowest BCUT2D eigenvalue weighted by atomic mass is 9.83. The predicted molar refractivity (Wildman–Crippen MR) is 49.3 cm³/mol. The lowest BCUT2D eigenvalue weighted by molar-refractivity contribution is -0.145. The molecule has 4 N–H and O–H groups in total. The fraction of sp³-hybridized carbons (Fsp3) is 0.857. The van der Waals surface area contributed by atoms with Gasteiger partial charge in [-0.25, -0.2) is 0 Å². The summed E-state index contributed by atoms with van der Waals surface area (Å²) >= 11 is 0. The van der Waals surface area contributed by atoms with E-state index in [1.165, 1.54) is 0 Å². The van der Waals surface area contributed by atoms with Crippen LogP contribution in [0.2, 0.25) is 0 Å². The maximum Gasteiger partial charge on any atom is 0.308 e. The van der Waals surface area contributed by atoms with Crippen molar-refractivity contribution in [2.45, 2.75) is 31.4 Å². The van der Waals surface area contributed by atoms with Gasteiger partial charge in [-0.05, 0) is 19.3 Å². The molecule has 0 aliphatic heterocycles. The van der Waals surface area contributed by atoms with E-state index in [0.717, 1.165) is 6.42 Å². The number of halogens is 1. The number of rotatable bonds is 1. The fourth-order valence-corrected chi connectivity index (χ4v) is 1.49. The molecule has 1 aliphatic carbocycles. The Labute approximate surface area is 81.5 Å². The van der Waals surface area contributed by atoms with E-state index in [-0.39, 0.29) is 17.0 Å². The summed E-state index contributed by atoms with van der Waals surface area (Å²) in [6.07, 6.45) is 1.34. The molecule has 0 aromatic rings. The number of nitrogens with two attached hydrogens (primary N) is 1. The molecule has 1 aliphatic rings. The lowest BCUT2D eigenvalue weighted by Crippen LogP contribution is -2.47. The highest BCUT2D eigenvalue weighted by molar-refractivity contribution is 8.93. The van der Waals surface area contributed by atoms with Crippen LogP contribution in [0.3, 0.4) is 0 Å². The number of aliphatic hydroxyl groups excluding tert-OH is 1. The van der Waals surface area contributed by atoms with E-state index in [2.05, 4.69) is 0 Å². The van der Waals surface area contributed by atoms with Gasteiger partial charge in [0.05, 0.1) is 12.0 Å². The molecule has 72 valence electrons. The number of aliphatic hydroxyl groups is 1. The molecule has 0 spiro atoms. The maximum absolute atomic E-state index is 10.5. The van der Waals surface area contributed by atoms with Crippen LogP contribution >= 0.6 is 17.0 Å². The second-order valence-corrected chi connectivity index (χ2v) is 3.02. The number of aliphatic carboxylic acids is 1. The van der Waals surface area contributed by atoms with E-state index in [1.807, 2.05) is 0 Å². The summed E-state index contributed by atoms with van der Waals surface area (Å²) in [4.78, 5) is 10.5. The smallest absolute Gasteiger partial charge is 0.308 e. The average molecular weight is 240 g/mol. The molecule has 1 rings (SSSR count). The predicted octanol–water partition coefficient (Wildman–Crippen LogP) is 0.137. The molecule has 3 atom stereocenters. The molecule has 0 amide bonds. The standard InChI is InChI=1S/C7H13NO3.BrH/c8-6-4(7(10)11)2-1-3-5(6)9;/h4-6,9H,1-3,8H2,(H,10,11);1H/t4-,5+,6-;/m0./s1. The van der Waals surface area contributed by atoms with Gasteiger partial charge in [0.25, 0.3) is 0 Å². The molecule has 0 unspecified atom stereocenters. The minimum absolute atomic E-state index is 0. The third kappa shape index (κ3) is 2.43. The summed E-state index contributed by atoms with van der Waals surface area (Å²) in [5.74, 6) is -1.45. The van der Waals surface area contributed by atoms with Gasteiger partial charge in [0.2, 0.25) is 0 Å². The lowest BCUT2D eigenvalue weighted by Gasteiger charge is -2.29. The molecule has 0 aromatic carbocycles.